The van der Waals surface area contributed by atoms with Crippen LogP contribution < -0.4 is 5.32 Å². The van der Waals surface area contributed by atoms with Gasteiger partial charge < -0.3 is 10.3 Å². The second-order valence-corrected chi connectivity index (χ2v) is 7.40. The average Bonchev–Trinajstić information content (AvgIpc) is 3.24. The Morgan fingerprint density at radius 3 is 2.83 bits per heavy atom. The number of nitrogens with one attached hydrogen (secondary N) is 2. The molecule has 0 bridgehead atoms. The van der Waals surface area contributed by atoms with E-state index in [9.17, 15) is 13.2 Å². The van der Waals surface area contributed by atoms with Crippen molar-refractivity contribution in [3.63, 3.8) is 0 Å². The monoisotopic (exact) mass is 401 g/mol. The standard InChI is InChI=1S/C19H18F3N7/c1-2-29-15-7-11(3-4-14(15)27-28-29)12-8-23-16-13(12)9-24-17(26-16)25-10-18(5-6-18)19(20,21)22/h3-4,7-9H,2,5-6,10H2,1H3,(H2,23,24,25,26). The summed E-state index contributed by atoms with van der Waals surface area (Å²) in [6, 6.07) is 5.87. The van der Waals surface area contributed by atoms with Crippen molar-refractivity contribution in [1.82, 2.24) is 29.9 Å². The first-order chi connectivity index (χ1) is 13.9. The fraction of sp³-hybridized carbons (Fsp3) is 0.368. The summed E-state index contributed by atoms with van der Waals surface area (Å²) in [5.41, 5.74) is 2.54. The molecule has 2 N–H and O–H groups in total. The number of alkyl halides is 3. The SMILES string of the molecule is CCn1nnc2ccc(-c3c[nH]c4nc(NCC5(C(F)(F)F)CC5)ncc34)cc21. The highest BCUT2D eigenvalue weighted by atomic mass is 19.4. The number of rotatable bonds is 5. The van der Waals surface area contributed by atoms with E-state index in [-0.39, 0.29) is 25.3 Å². The summed E-state index contributed by atoms with van der Waals surface area (Å²) in [4.78, 5) is 11.7. The topological polar surface area (TPSA) is 84.3 Å². The van der Waals surface area contributed by atoms with Gasteiger partial charge in [-0.05, 0) is 37.5 Å². The van der Waals surface area contributed by atoms with Gasteiger partial charge in [-0.25, -0.2) is 9.67 Å². The summed E-state index contributed by atoms with van der Waals surface area (Å²) >= 11 is 0. The van der Waals surface area contributed by atoms with E-state index in [0.717, 1.165) is 27.5 Å². The number of aromatic nitrogens is 6. The van der Waals surface area contributed by atoms with Crippen LogP contribution in [-0.2, 0) is 6.54 Å². The van der Waals surface area contributed by atoms with E-state index in [2.05, 4.69) is 30.6 Å². The minimum atomic E-state index is -4.21. The molecule has 5 rings (SSSR count). The maximum absolute atomic E-state index is 13.1. The van der Waals surface area contributed by atoms with Crippen molar-refractivity contribution in [2.24, 2.45) is 5.41 Å². The van der Waals surface area contributed by atoms with Crippen LogP contribution in [0, 0.1) is 5.41 Å². The molecule has 0 unspecified atom stereocenters. The van der Waals surface area contributed by atoms with Crippen molar-refractivity contribution in [1.29, 1.82) is 0 Å². The third-order valence-corrected chi connectivity index (χ3v) is 5.60. The van der Waals surface area contributed by atoms with Gasteiger partial charge in [0.1, 0.15) is 11.2 Å². The van der Waals surface area contributed by atoms with Crippen molar-refractivity contribution < 1.29 is 13.2 Å². The van der Waals surface area contributed by atoms with Gasteiger partial charge in [0.2, 0.25) is 5.95 Å². The zero-order valence-electron chi connectivity index (χ0n) is 15.6. The highest BCUT2D eigenvalue weighted by Gasteiger charge is 2.62. The predicted octanol–water partition coefficient (Wildman–Crippen LogP) is 4.14. The van der Waals surface area contributed by atoms with E-state index in [4.69, 9.17) is 0 Å². The highest BCUT2D eigenvalue weighted by molar-refractivity contribution is 5.95. The quantitative estimate of drug-likeness (QED) is 0.525. The number of hydrogen-bond donors (Lipinski definition) is 2. The van der Waals surface area contributed by atoms with Crippen molar-refractivity contribution >= 4 is 28.0 Å². The number of anilines is 1. The molecule has 150 valence electrons. The zero-order chi connectivity index (χ0) is 20.2. The van der Waals surface area contributed by atoms with Gasteiger partial charge in [-0.2, -0.15) is 18.2 Å². The van der Waals surface area contributed by atoms with Crippen LogP contribution in [-0.4, -0.2) is 42.7 Å². The average molecular weight is 401 g/mol. The number of aryl methyl sites for hydroxylation is 1. The minimum absolute atomic E-state index is 0.143. The highest BCUT2D eigenvalue weighted by Crippen LogP contribution is 2.57. The molecular weight excluding hydrogens is 383 g/mol. The van der Waals surface area contributed by atoms with Gasteiger partial charge in [-0.1, -0.05) is 11.3 Å². The molecule has 0 saturated heterocycles. The lowest BCUT2D eigenvalue weighted by Crippen LogP contribution is -2.31. The summed E-state index contributed by atoms with van der Waals surface area (Å²) in [6.07, 6.45) is -0.470. The molecule has 0 aliphatic heterocycles. The Hall–Kier alpha value is -3.17. The molecule has 1 fully saturated rings. The molecule has 0 atom stereocenters. The molecule has 1 saturated carbocycles. The normalized spacial score (nSPS) is 15.9. The maximum atomic E-state index is 13.1. The second kappa shape index (κ2) is 6.16. The lowest BCUT2D eigenvalue weighted by molar-refractivity contribution is -0.182. The number of benzene rings is 1. The number of aromatic amines is 1. The molecule has 1 aliphatic carbocycles. The van der Waals surface area contributed by atoms with E-state index in [1.165, 1.54) is 0 Å². The van der Waals surface area contributed by atoms with Gasteiger partial charge in [-0.15, -0.1) is 5.10 Å². The summed E-state index contributed by atoms with van der Waals surface area (Å²) in [6.45, 7) is 2.51. The fourth-order valence-electron chi connectivity index (χ4n) is 3.56. The molecule has 0 spiro atoms. The molecule has 1 aliphatic rings. The molecular formula is C19H18F3N7. The largest absolute Gasteiger partial charge is 0.396 e. The summed E-state index contributed by atoms with van der Waals surface area (Å²) in [5, 5.41) is 11.8. The van der Waals surface area contributed by atoms with Crippen LogP contribution in [0.5, 0.6) is 0 Å². The summed E-state index contributed by atoms with van der Waals surface area (Å²) in [5.74, 6) is 0.185. The lowest BCUT2D eigenvalue weighted by Gasteiger charge is -2.19. The van der Waals surface area contributed by atoms with Gasteiger partial charge in [0.25, 0.3) is 0 Å². The summed E-state index contributed by atoms with van der Waals surface area (Å²) in [7, 11) is 0. The van der Waals surface area contributed by atoms with Gasteiger partial charge in [0.05, 0.1) is 10.9 Å². The Morgan fingerprint density at radius 2 is 2.10 bits per heavy atom. The van der Waals surface area contributed by atoms with E-state index in [0.29, 0.717) is 12.2 Å². The molecule has 10 heteroatoms. The number of hydrogen-bond acceptors (Lipinski definition) is 5. The van der Waals surface area contributed by atoms with Crippen LogP contribution in [0.15, 0.2) is 30.6 Å². The van der Waals surface area contributed by atoms with E-state index in [1.54, 1.807) is 6.20 Å². The lowest BCUT2D eigenvalue weighted by atomic mass is 10.1. The zero-order valence-corrected chi connectivity index (χ0v) is 15.6. The summed E-state index contributed by atoms with van der Waals surface area (Å²) < 4.78 is 41.1. The van der Waals surface area contributed by atoms with E-state index in [1.807, 2.05) is 36.0 Å². The van der Waals surface area contributed by atoms with Gasteiger partial charge in [0.15, 0.2) is 0 Å². The third kappa shape index (κ3) is 2.90. The fourth-order valence-corrected chi connectivity index (χ4v) is 3.56. The molecule has 29 heavy (non-hydrogen) atoms. The Morgan fingerprint density at radius 1 is 1.28 bits per heavy atom. The van der Waals surface area contributed by atoms with Gasteiger partial charge >= 0.3 is 6.18 Å². The van der Waals surface area contributed by atoms with Crippen molar-refractivity contribution in [2.75, 3.05) is 11.9 Å². The van der Waals surface area contributed by atoms with Crippen LogP contribution in [0.2, 0.25) is 0 Å². The van der Waals surface area contributed by atoms with Crippen LogP contribution in [0.3, 0.4) is 0 Å². The smallest absolute Gasteiger partial charge is 0.353 e. The van der Waals surface area contributed by atoms with Crippen LogP contribution in [0.4, 0.5) is 19.1 Å². The molecule has 7 nitrogen and oxygen atoms in total. The second-order valence-electron chi connectivity index (χ2n) is 7.40. The van der Waals surface area contributed by atoms with Crippen LogP contribution in [0.1, 0.15) is 19.8 Å². The van der Waals surface area contributed by atoms with Crippen LogP contribution in [0.25, 0.3) is 33.2 Å². The van der Waals surface area contributed by atoms with Crippen molar-refractivity contribution in [2.45, 2.75) is 32.5 Å². The molecule has 0 amide bonds. The van der Waals surface area contributed by atoms with Gasteiger partial charge in [0, 0.05) is 36.4 Å². The Labute approximate surface area is 163 Å². The third-order valence-electron chi connectivity index (χ3n) is 5.60. The predicted molar refractivity (Wildman–Crippen MR) is 102 cm³/mol. The molecule has 4 aromatic rings. The Balaban J connectivity index is 1.44. The molecule has 3 heterocycles. The number of nitrogens with zero attached hydrogens (tertiary/aromatic N) is 5. The number of H-pyrrole nitrogens is 1. The molecule has 0 radical (unpaired) electrons. The van der Waals surface area contributed by atoms with Gasteiger partial charge in [-0.3, -0.25) is 0 Å². The first-order valence-electron chi connectivity index (χ1n) is 9.38. The van der Waals surface area contributed by atoms with Crippen LogP contribution >= 0.6 is 0 Å². The number of halogens is 3. The Bertz CT molecular complexity index is 1200. The maximum Gasteiger partial charge on any atom is 0.396 e. The van der Waals surface area contributed by atoms with Crippen molar-refractivity contribution in [3.05, 3.63) is 30.6 Å². The minimum Gasteiger partial charge on any atom is -0.353 e. The van der Waals surface area contributed by atoms with Crippen molar-refractivity contribution in [3.8, 4) is 11.1 Å². The van der Waals surface area contributed by atoms with E-state index >= 15 is 0 Å². The molecule has 3 aromatic heterocycles. The number of fused-ring (bicyclic) bond motifs is 2. The Kier molecular flexibility index (Phi) is 3.80. The first kappa shape index (κ1) is 17.9. The first-order valence-corrected chi connectivity index (χ1v) is 9.38. The van der Waals surface area contributed by atoms with E-state index < -0.39 is 11.6 Å². The molecule has 1 aromatic carbocycles.